The minimum absolute atomic E-state index is 0.0605. The zero-order valence-corrected chi connectivity index (χ0v) is 43.1. The molecule has 0 spiro atoms. The van der Waals surface area contributed by atoms with Crippen LogP contribution in [-0.4, -0.2) is 74.9 Å². The van der Waals surface area contributed by atoms with E-state index in [1.54, 1.807) is 86.0 Å². The van der Waals surface area contributed by atoms with Crippen molar-refractivity contribution in [3.8, 4) is 23.0 Å². The van der Waals surface area contributed by atoms with Gasteiger partial charge in [-0.25, -0.2) is 0 Å². The molecule has 0 aromatic heterocycles. The van der Waals surface area contributed by atoms with Gasteiger partial charge >= 0.3 is 21.2 Å². The van der Waals surface area contributed by atoms with Gasteiger partial charge in [-0.1, -0.05) is 24.3 Å². The first-order chi connectivity index (χ1) is 36.8. The molecular weight excluding hydrogens is 1060 g/mol. The Labute approximate surface area is 441 Å². The third kappa shape index (κ3) is 15.4. The van der Waals surface area contributed by atoms with Crippen molar-refractivity contribution in [2.45, 2.75) is 25.0 Å². The maximum absolute atomic E-state index is 11.9. The fraction of sp³-hybridized carbons (Fsp3) is 0.120. The average molecular weight is 1110 g/mol. The molecule has 8 aromatic carbocycles. The molecule has 24 nitrogen and oxygen atoms in total. The molecule has 0 aliphatic heterocycles. The number of aromatic hydroxyl groups is 1. The number of azo groups is 4. The summed E-state index contributed by atoms with van der Waals surface area (Å²) in [4.78, 5) is -0.221. The van der Waals surface area contributed by atoms with Crippen LogP contribution in [0, 0.1) is 6.92 Å². The lowest BCUT2D eigenvalue weighted by molar-refractivity contribution is 0.282. The third-order valence-electron chi connectivity index (χ3n) is 10.8. The van der Waals surface area contributed by atoms with Crippen molar-refractivity contribution in [2.24, 2.45) is 40.9 Å². The highest BCUT2D eigenvalue weighted by atomic mass is 32.2. The number of nitrogens with zero attached hydrogens (tertiary/aromatic N) is 8. The number of anilines is 2. The van der Waals surface area contributed by atoms with Crippen molar-refractivity contribution in [3.63, 3.8) is 0 Å². The maximum atomic E-state index is 11.9. The minimum atomic E-state index is -4.45. The van der Waals surface area contributed by atoms with Crippen LogP contribution in [0.5, 0.6) is 23.0 Å². The summed E-state index contributed by atoms with van der Waals surface area (Å²) in [5, 5.41) is 72.3. The van der Waals surface area contributed by atoms with E-state index in [-0.39, 0.29) is 44.9 Å². The number of fused-ring (bicyclic) bond motifs is 2. The number of nitrogens with one attached hydrogen (secondary N) is 1. The molecule has 0 atom stereocenters. The Morgan fingerprint density at radius 3 is 1.53 bits per heavy atom. The first-order valence-corrected chi connectivity index (χ1v) is 25.4. The zero-order valence-electron chi connectivity index (χ0n) is 40.7. The van der Waals surface area contributed by atoms with E-state index < -0.39 is 44.5 Å². The number of aliphatic hydroxyl groups excluding tert-OH is 2. The van der Waals surface area contributed by atoms with Crippen LogP contribution >= 0.6 is 0 Å². The van der Waals surface area contributed by atoms with E-state index in [2.05, 4.69) is 46.2 Å². The van der Waals surface area contributed by atoms with Crippen molar-refractivity contribution >= 4 is 110 Å². The summed E-state index contributed by atoms with van der Waals surface area (Å²) in [7, 11) is -6.16. The normalized spacial score (nSPS) is 11.4. The predicted molar refractivity (Wildman–Crippen MR) is 281 cm³/mol. The fourth-order valence-electron chi connectivity index (χ4n) is 7.20. The lowest BCUT2D eigenvalue weighted by Crippen LogP contribution is -1.98. The number of phenolic OH excluding ortho intramolecular Hbond substituents is 1. The summed E-state index contributed by atoms with van der Waals surface area (Å²) in [6, 6.07) is 37.4. The van der Waals surface area contributed by atoms with Gasteiger partial charge in [-0.15, -0.1) is 45.7 Å². The number of hydrogen-bond acceptors (Lipinski definition) is 23. The topological polar surface area (TPSA) is 356 Å². The molecule has 8 rings (SSSR count). The quantitative estimate of drug-likeness (QED) is 0.0443. The molecule has 0 fully saturated rings. The summed E-state index contributed by atoms with van der Waals surface area (Å²) in [5.74, 6) is 1.24. The monoisotopic (exact) mass is 1110 g/mol. The second-order valence-electron chi connectivity index (χ2n) is 15.7. The summed E-state index contributed by atoms with van der Waals surface area (Å²) in [5.41, 5.74) is 5.87. The van der Waals surface area contributed by atoms with Crippen LogP contribution in [0.15, 0.2) is 179 Å². The number of aryl methyl sites for hydroxylation is 1. The Hall–Kier alpha value is -9.25. The molecule has 8 aromatic rings. The number of rotatable bonds is 16. The molecule has 0 heterocycles. The van der Waals surface area contributed by atoms with Gasteiger partial charge in [0.05, 0.1) is 63.0 Å². The summed E-state index contributed by atoms with van der Waals surface area (Å²) in [6.45, 7) is 0.977. The molecule has 0 aliphatic carbocycles. The van der Waals surface area contributed by atoms with Gasteiger partial charge < -0.3 is 34.8 Å². The van der Waals surface area contributed by atoms with Gasteiger partial charge in [0.2, 0.25) is 0 Å². The van der Waals surface area contributed by atoms with Gasteiger partial charge in [-0.2, -0.15) is 28.9 Å². The summed E-state index contributed by atoms with van der Waals surface area (Å²) < 4.78 is 101. The SMILES string of the molecule is COc1ccc(Nc2ccc3c(O)c(N=Nc4cc(CO)c(N=Nc5cc(CO)c(N=Nc6ccc(N=Nc7ccc8cccc(S(=O)(=O)O)c8c7)c(C)c6)cc5OC)cc4OC)ccc3c2)cc1.O=S(=O)=O.O=S(=O)=O. The number of phenols is 1. The molecule has 0 radical (unpaired) electrons. The number of methoxy groups -OCH3 is 3. The molecule has 0 saturated carbocycles. The Balaban J connectivity index is 0.00000112. The molecule has 0 amide bonds. The van der Waals surface area contributed by atoms with Crippen molar-refractivity contribution in [2.75, 3.05) is 26.6 Å². The number of benzene rings is 8. The van der Waals surface area contributed by atoms with Crippen LogP contribution in [0.1, 0.15) is 16.7 Å². The molecule has 27 heteroatoms. The van der Waals surface area contributed by atoms with Crippen LogP contribution in [0.25, 0.3) is 21.5 Å². The zero-order chi connectivity index (χ0) is 55.8. The summed E-state index contributed by atoms with van der Waals surface area (Å²) in [6.07, 6.45) is 0. The van der Waals surface area contributed by atoms with Gasteiger partial charge in [-0.3, -0.25) is 4.55 Å². The second-order valence-corrected chi connectivity index (χ2v) is 17.9. The smallest absolute Gasteiger partial charge is 0.425 e. The molecule has 77 heavy (non-hydrogen) atoms. The standard InChI is InChI=1S/C50H43N9O9S.2O3S/c1-29-20-36(14-19-41(29)54-53-37-10-8-30-6-5-7-49(40(30)24-37)69(63,64)65)52-56-43-25-47(67-3)46(22-32(43)27-60)59-57-44-26-48(68-4)45(23-33(44)28-61)58-55-42-18-9-31-21-35(13-17-39(31)50(42)62)51-34-11-15-38(66-2)16-12-34;2*1-4(2)3/h5-26,51,60-62H,27-28H2,1-4H3,(H,63,64,65);;. The summed E-state index contributed by atoms with van der Waals surface area (Å²) >= 11 is 0. The molecule has 0 bridgehead atoms. The Bertz CT molecular complexity index is 3940. The van der Waals surface area contributed by atoms with E-state index in [0.29, 0.717) is 50.0 Å². The van der Waals surface area contributed by atoms with Crippen LogP contribution < -0.4 is 19.5 Å². The molecule has 396 valence electrons. The van der Waals surface area contributed by atoms with E-state index in [0.717, 1.165) is 28.1 Å². The number of aliphatic hydroxyl groups is 2. The van der Waals surface area contributed by atoms with E-state index in [1.807, 2.05) is 49.4 Å². The van der Waals surface area contributed by atoms with Gasteiger partial charge in [0.15, 0.2) is 5.75 Å². The number of ether oxygens (including phenoxy) is 3. The van der Waals surface area contributed by atoms with E-state index in [1.165, 1.54) is 26.4 Å². The minimum Gasteiger partial charge on any atom is -0.505 e. The van der Waals surface area contributed by atoms with Gasteiger partial charge in [0.25, 0.3) is 10.1 Å². The van der Waals surface area contributed by atoms with Crippen LogP contribution in [0.2, 0.25) is 0 Å². The Morgan fingerprint density at radius 2 is 0.987 bits per heavy atom. The van der Waals surface area contributed by atoms with Crippen LogP contribution in [0.3, 0.4) is 0 Å². The van der Waals surface area contributed by atoms with Crippen molar-refractivity contribution < 1.29 is 67.8 Å². The first-order valence-electron chi connectivity index (χ1n) is 22.0. The van der Waals surface area contributed by atoms with Gasteiger partial charge in [-0.05, 0) is 120 Å². The van der Waals surface area contributed by atoms with E-state index in [9.17, 15) is 28.3 Å². The molecule has 0 unspecified atom stereocenters. The predicted octanol–water partition coefficient (Wildman–Crippen LogP) is 11.7. The van der Waals surface area contributed by atoms with E-state index >= 15 is 0 Å². The molecular formula is C50H43N9O15S3. The highest BCUT2D eigenvalue weighted by Gasteiger charge is 2.16. The average Bonchev–Trinajstić information content (AvgIpc) is 3.40. The van der Waals surface area contributed by atoms with Gasteiger partial charge in [0.1, 0.15) is 39.2 Å². The lowest BCUT2D eigenvalue weighted by atomic mass is 10.1. The van der Waals surface area contributed by atoms with Gasteiger partial charge in [0, 0.05) is 45.4 Å². The Kier molecular flexibility index (Phi) is 19.5. The highest BCUT2D eigenvalue weighted by Crippen LogP contribution is 2.42. The highest BCUT2D eigenvalue weighted by molar-refractivity contribution is 7.86. The van der Waals surface area contributed by atoms with Crippen molar-refractivity contribution in [1.82, 2.24) is 0 Å². The number of hydrogen-bond donors (Lipinski definition) is 5. The third-order valence-corrected chi connectivity index (χ3v) is 11.7. The maximum Gasteiger partial charge on any atom is 0.425 e. The molecule has 0 aliphatic rings. The first kappa shape index (κ1) is 57.0. The molecule has 0 saturated heterocycles. The largest absolute Gasteiger partial charge is 0.505 e. The van der Waals surface area contributed by atoms with E-state index in [4.69, 9.17) is 39.5 Å². The Morgan fingerprint density at radius 1 is 0.494 bits per heavy atom. The lowest BCUT2D eigenvalue weighted by Gasteiger charge is -2.11. The van der Waals surface area contributed by atoms with Crippen molar-refractivity contribution in [3.05, 3.63) is 150 Å². The molecule has 5 N–H and O–H groups in total. The van der Waals surface area contributed by atoms with Crippen LogP contribution in [-0.2, 0) is 44.5 Å². The second kappa shape index (κ2) is 26.3. The fourth-order valence-corrected chi connectivity index (χ4v) is 7.90. The van der Waals surface area contributed by atoms with Crippen LogP contribution in [0.4, 0.5) is 56.9 Å². The van der Waals surface area contributed by atoms with Crippen molar-refractivity contribution in [1.29, 1.82) is 0 Å².